The minimum atomic E-state index is 0.993. The second kappa shape index (κ2) is 7.09. The average molecular weight is 485 g/mol. The molecule has 0 N–H and O–H groups in total. The molecule has 7 aromatic rings. The standard InChI is InChI=1S/C30H17BrN2/c31-25-16-15-22(20-7-1-2-8-21(20)25)30-24-14-13-18-11-12-19-6-5-17-32-29(19)27(18)28(24)23-9-3-4-10-26(23)33-30/h1-17H. The van der Waals surface area contributed by atoms with Gasteiger partial charge in [-0.2, -0.15) is 0 Å². The summed E-state index contributed by atoms with van der Waals surface area (Å²) in [4.78, 5) is 10.0. The molecule has 0 aliphatic heterocycles. The number of benzene rings is 5. The molecule has 0 bridgehead atoms. The Labute approximate surface area is 198 Å². The van der Waals surface area contributed by atoms with Gasteiger partial charge in [-0.25, -0.2) is 4.98 Å². The third-order valence-electron chi connectivity index (χ3n) is 6.54. The Balaban J connectivity index is 1.75. The smallest absolute Gasteiger partial charge is 0.0794 e. The van der Waals surface area contributed by atoms with Gasteiger partial charge >= 0.3 is 0 Å². The maximum Gasteiger partial charge on any atom is 0.0794 e. The summed E-state index contributed by atoms with van der Waals surface area (Å²) in [5, 5.41) is 9.41. The van der Waals surface area contributed by atoms with Gasteiger partial charge in [0, 0.05) is 43.2 Å². The van der Waals surface area contributed by atoms with Crippen LogP contribution in [0.15, 0.2) is 108 Å². The number of rotatable bonds is 1. The molecule has 0 aliphatic carbocycles. The summed E-state index contributed by atoms with van der Waals surface area (Å²) < 4.78 is 1.09. The number of fused-ring (bicyclic) bond motifs is 8. The van der Waals surface area contributed by atoms with E-state index in [-0.39, 0.29) is 0 Å². The highest BCUT2D eigenvalue weighted by atomic mass is 79.9. The minimum absolute atomic E-state index is 0.993. The first-order valence-electron chi connectivity index (χ1n) is 11.0. The van der Waals surface area contributed by atoms with Crippen molar-refractivity contribution in [1.29, 1.82) is 0 Å². The Bertz CT molecular complexity index is 1890. The average Bonchev–Trinajstić information content (AvgIpc) is 2.88. The summed E-state index contributed by atoms with van der Waals surface area (Å²) in [6.45, 7) is 0. The van der Waals surface area contributed by atoms with Crippen LogP contribution in [-0.4, -0.2) is 9.97 Å². The summed E-state index contributed by atoms with van der Waals surface area (Å²) >= 11 is 3.72. The van der Waals surface area contributed by atoms with E-state index in [2.05, 4.69) is 107 Å². The van der Waals surface area contributed by atoms with Crippen molar-refractivity contribution in [1.82, 2.24) is 9.97 Å². The van der Waals surface area contributed by atoms with Crippen molar-refractivity contribution in [2.45, 2.75) is 0 Å². The Morgan fingerprint density at radius 3 is 2.21 bits per heavy atom. The summed E-state index contributed by atoms with van der Waals surface area (Å²) in [5.41, 5.74) is 4.16. The Morgan fingerprint density at radius 2 is 1.30 bits per heavy atom. The highest BCUT2D eigenvalue weighted by molar-refractivity contribution is 9.10. The molecule has 0 atom stereocenters. The van der Waals surface area contributed by atoms with Crippen molar-refractivity contribution in [3.63, 3.8) is 0 Å². The second-order valence-electron chi connectivity index (χ2n) is 8.35. The lowest BCUT2D eigenvalue weighted by Gasteiger charge is -2.15. The Hall–Kier alpha value is -3.82. The van der Waals surface area contributed by atoms with Gasteiger partial charge in [-0.1, -0.05) is 94.8 Å². The lowest BCUT2D eigenvalue weighted by Crippen LogP contribution is -1.93. The number of halogens is 1. The van der Waals surface area contributed by atoms with Gasteiger partial charge in [0.1, 0.15) is 0 Å². The highest BCUT2D eigenvalue weighted by Gasteiger charge is 2.17. The van der Waals surface area contributed by atoms with E-state index < -0.39 is 0 Å². The monoisotopic (exact) mass is 484 g/mol. The minimum Gasteiger partial charge on any atom is -0.256 e. The molecule has 2 nitrogen and oxygen atoms in total. The molecular weight excluding hydrogens is 468 g/mol. The number of hydrogen-bond donors (Lipinski definition) is 0. The topological polar surface area (TPSA) is 25.8 Å². The fourth-order valence-electron chi connectivity index (χ4n) is 5.07. The summed E-state index contributed by atoms with van der Waals surface area (Å²) in [6, 6.07) is 34.1. The van der Waals surface area contributed by atoms with Crippen LogP contribution in [0, 0.1) is 0 Å². The van der Waals surface area contributed by atoms with Crippen LogP contribution in [0.4, 0.5) is 0 Å². The summed E-state index contributed by atoms with van der Waals surface area (Å²) in [6.07, 6.45) is 1.88. The molecular formula is C30H17BrN2. The predicted octanol–water partition coefficient (Wildman–Crippen LogP) is 8.67. The molecule has 2 aromatic heterocycles. The van der Waals surface area contributed by atoms with Crippen LogP contribution in [0.3, 0.4) is 0 Å². The van der Waals surface area contributed by atoms with Crippen LogP contribution in [0.2, 0.25) is 0 Å². The molecule has 7 rings (SSSR count). The van der Waals surface area contributed by atoms with E-state index >= 15 is 0 Å². The number of hydrogen-bond acceptors (Lipinski definition) is 2. The molecule has 0 spiro atoms. The van der Waals surface area contributed by atoms with Crippen LogP contribution < -0.4 is 0 Å². The van der Waals surface area contributed by atoms with Crippen LogP contribution in [0.25, 0.3) is 65.4 Å². The third-order valence-corrected chi connectivity index (χ3v) is 7.23. The first kappa shape index (κ1) is 18.7. The van der Waals surface area contributed by atoms with Crippen LogP contribution in [0.1, 0.15) is 0 Å². The molecule has 0 saturated heterocycles. The largest absolute Gasteiger partial charge is 0.256 e. The van der Waals surface area contributed by atoms with Crippen molar-refractivity contribution in [3.05, 3.63) is 108 Å². The zero-order valence-electron chi connectivity index (χ0n) is 17.6. The molecule has 0 radical (unpaired) electrons. The molecule has 154 valence electrons. The maximum atomic E-state index is 5.20. The molecule has 0 saturated carbocycles. The Kier molecular flexibility index (Phi) is 4.02. The summed E-state index contributed by atoms with van der Waals surface area (Å²) in [5.74, 6) is 0. The van der Waals surface area contributed by atoms with E-state index in [0.717, 1.165) is 42.9 Å². The maximum absolute atomic E-state index is 5.20. The normalized spacial score (nSPS) is 11.8. The zero-order chi connectivity index (χ0) is 21.9. The first-order valence-corrected chi connectivity index (χ1v) is 11.8. The molecule has 0 amide bonds. The van der Waals surface area contributed by atoms with E-state index in [1.165, 1.54) is 26.9 Å². The van der Waals surface area contributed by atoms with Crippen molar-refractivity contribution >= 4 is 70.1 Å². The predicted molar refractivity (Wildman–Crippen MR) is 143 cm³/mol. The lowest BCUT2D eigenvalue weighted by molar-refractivity contribution is 1.42. The van der Waals surface area contributed by atoms with Gasteiger partial charge in [-0.05, 0) is 34.4 Å². The van der Waals surface area contributed by atoms with Gasteiger partial charge in [0.2, 0.25) is 0 Å². The van der Waals surface area contributed by atoms with E-state index in [1.54, 1.807) is 0 Å². The molecule has 33 heavy (non-hydrogen) atoms. The molecule has 5 aromatic carbocycles. The lowest BCUT2D eigenvalue weighted by atomic mass is 9.92. The second-order valence-corrected chi connectivity index (χ2v) is 9.20. The number of para-hydroxylation sites is 1. The quantitative estimate of drug-likeness (QED) is 0.218. The molecule has 0 aliphatic rings. The Morgan fingerprint density at radius 1 is 0.545 bits per heavy atom. The van der Waals surface area contributed by atoms with Crippen molar-refractivity contribution in [2.75, 3.05) is 0 Å². The van der Waals surface area contributed by atoms with E-state index in [4.69, 9.17) is 9.97 Å². The van der Waals surface area contributed by atoms with Crippen molar-refractivity contribution in [2.24, 2.45) is 0 Å². The van der Waals surface area contributed by atoms with Gasteiger partial charge in [-0.15, -0.1) is 0 Å². The van der Waals surface area contributed by atoms with Crippen LogP contribution >= 0.6 is 15.9 Å². The third kappa shape index (κ3) is 2.73. The molecule has 2 heterocycles. The highest BCUT2D eigenvalue weighted by Crippen LogP contribution is 2.41. The zero-order valence-corrected chi connectivity index (χ0v) is 19.2. The summed E-state index contributed by atoms with van der Waals surface area (Å²) in [7, 11) is 0. The van der Waals surface area contributed by atoms with Crippen LogP contribution in [-0.2, 0) is 0 Å². The molecule has 3 heteroatoms. The fourth-order valence-corrected chi connectivity index (χ4v) is 5.55. The van der Waals surface area contributed by atoms with Crippen molar-refractivity contribution < 1.29 is 0 Å². The molecule has 0 fully saturated rings. The SMILES string of the molecule is Brc1ccc(-c2nc3ccccc3c3c2ccc2ccc4cccnc4c23)c2ccccc12. The van der Waals surface area contributed by atoms with Gasteiger partial charge < -0.3 is 0 Å². The van der Waals surface area contributed by atoms with Gasteiger partial charge in [-0.3, -0.25) is 4.98 Å². The van der Waals surface area contributed by atoms with E-state index in [9.17, 15) is 0 Å². The van der Waals surface area contributed by atoms with Gasteiger partial charge in [0.25, 0.3) is 0 Å². The van der Waals surface area contributed by atoms with Gasteiger partial charge in [0.15, 0.2) is 0 Å². The number of nitrogens with zero attached hydrogens (tertiary/aromatic N) is 2. The molecule has 0 unspecified atom stereocenters. The van der Waals surface area contributed by atoms with Gasteiger partial charge in [0.05, 0.1) is 16.7 Å². The number of pyridine rings is 2. The number of aromatic nitrogens is 2. The van der Waals surface area contributed by atoms with E-state index in [1.807, 2.05) is 12.3 Å². The first-order chi connectivity index (χ1) is 16.3. The van der Waals surface area contributed by atoms with Crippen molar-refractivity contribution in [3.8, 4) is 11.3 Å². The van der Waals surface area contributed by atoms with E-state index in [0.29, 0.717) is 0 Å². The fraction of sp³-hybridized carbons (Fsp3) is 0. The van der Waals surface area contributed by atoms with Crippen LogP contribution in [0.5, 0.6) is 0 Å².